The highest BCUT2D eigenvalue weighted by Gasteiger charge is 2.41. The average Bonchev–Trinajstić information content (AvgIpc) is 3.46. The lowest BCUT2D eigenvalue weighted by Crippen LogP contribution is -2.57. The van der Waals surface area contributed by atoms with Gasteiger partial charge in [-0.3, -0.25) is 4.79 Å². The maximum Gasteiger partial charge on any atom is 0.321 e. The first-order valence-corrected chi connectivity index (χ1v) is 18.7. The number of sulfonamides is 1. The largest absolute Gasteiger partial charge is 0.481 e. The Kier molecular flexibility index (Phi) is 13.9. The van der Waals surface area contributed by atoms with Crippen LogP contribution in [-0.4, -0.2) is 107 Å². The summed E-state index contributed by atoms with van der Waals surface area (Å²) in [7, 11) is -2.53. The van der Waals surface area contributed by atoms with Gasteiger partial charge in [0.1, 0.15) is 6.04 Å². The second-order valence-electron chi connectivity index (χ2n) is 13.3. The number of pyridine rings is 1. The van der Waals surface area contributed by atoms with Crippen molar-refractivity contribution >= 4 is 28.2 Å². The van der Waals surface area contributed by atoms with E-state index in [9.17, 15) is 23.1 Å². The van der Waals surface area contributed by atoms with E-state index >= 15 is 0 Å². The van der Waals surface area contributed by atoms with Crippen LogP contribution < -0.4 is 10.1 Å². The molecule has 51 heavy (non-hydrogen) atoms. The molecule has 1 aromatic heterocycles. The van der Waals surface area contributed by atoms with Crippen molar-refractivity contribution in [3.05, 3.63) is 89.6 Å². The van der Waals surface area contributed by atoms with Crippen molar-refractivity contribution in [2.75, 3.05) is 33.3 Å². The zero-order chi connectivity index (χ0) is 37.1. The van der Waals surface area contributed by atoms with Gasteiger partial charge in [0.25, 0.3) is 0 Å². The normalized spacial score (nSPS) is 16.1. The molecule has 2 heterocycles. The highest BCUT2D eigenvalue weighted by molar-refractivity contribution is 7.89. The van der Waals surface area contributed by atoms with Crippen molar-refractivity contribution in [3.63, 3.8) is 0 Å². The van der Waals surface area contributed by atoms with Crippen LogP contribution in [0.2, 0.25) is 0 Å². The molecule has 0 spiro atoms. The van der Waals surface area contributed by atoms with Gasteiger partial charge in [-0.05, 0) is 47.1 Å². The summed E-state index contributed by atoms with van der Waals surface area (Å²) < 4.78 is 34.2. The minimum Gasteiger partial charge on any atom is -0.481 e. The van der Waals surface area contributed by atoms with E-state index in [-0.39, 0.29) is 42.3 Å². The van der Waals surface area contributed by atoms with Crippen molar-refractivity contribution in [3.8, 4) is 5.88 Å². The number of hydrogen-bond acceptors (Lipinski definition) is 9. The number of aliphatic hydroxyl groups is 1. The lowest BCUT2D eigenvalue weighted by atomic mass is 9.95. The molecular weight excluding hydrogens is 673 g/mol. The zero-order valence-corrected chi connectivity index (χ0v) is 30.7. The lowest BCUT2D eigenvalue weighted by Gasteiger charge is -2.35. The van der Waals surface area contributed by atoms with E-state index < -0.39 is 34.1 Å². The molecule has 3 aromatic rings. The Morgan fingerprint density at radius 1 is 1.04 bits per heavy atom. The van der Waals surface area contributed by atoms with Gasteiger partial charge in [0.15, 0.2) is 0 Å². The van der Waals surface area contributed by atoms with Crippen LogP contribution in [0.25, 0.3) is 0 Å². The molecular formula is C37H50N6O7S. The molecule has 3 N–H and O–H groups in total. The molecule has 0 bridgehead atoms. The minimum absolute atomic E-state index is 0.0217. The van der Waals surface area contributed by atoms with Crippen LogP contribution >= 0.6 is 0 Å². The number of oxime groups is 1. The summed E-state index contributed by atoms with van der Waals surface area (Å²) in [5.74, 6) is -0.211. The van der Waals surface area contributed by atoms with E-state index in [1.165, 1.54) is 41.9 Å². The number of nitrogens with zero attached hydrogens (tertiary/aromatic N) is 5. The van der Waals surface area contributed by atoms with Crippen LogP contribution in [0.3, 0.4) is 0 Å². The lowest BCUT2D eigenvalue weighted by molar-refractivity contribution is -0.128. The number of rotatable bonds is 18. The summed E-state index contributed by atoms with van der Waals surface area (Å²) in [6.07, 6.45) is 2.42. The van der Waals surface area contributed by atoms with E-state index in [1.54, 1.807) is 22.1 Å². The van der Waals surface area contributed by atoms with Crippen molar-refractivity contribution in [1.29, 1.82) is 0 Å². The summed E-state index contributed by atoms with van der Waals surface area (Å²) >= 11 is 0. The fourth-order valence-electron chi connectivity index (χ4n) is 6.16. The SMILES string of the molecule is CC[C@H](C)[C@@H](C(=O)N[C@@H](Cc1ccccc1)[C@@H](O)CN(CC(C)C)S(=O)(=O)c1ccc(C=NO)cc1)N1CCN(Cc2ccc(OC)nc2)C1=O. The van der Waals surface area contributed by atoms with Gasteiger partial charge in [-0.15, -0.1) is 0 Å². The van der Waals surface area contributed by atoms with Crippen molar-refractivity contribution < 1.29 is 33.1 Å². The van der Waals surface area contributed by atoms with Crippen LogP contribution in [0, 0.1) is 11.8 Å². The highest BCUT2D eigenvalue weighted by Crippen LogP contribution is 2.24. The van der Waals surface area contributed by atoms with Gasteiger partial charge >= 0.3 is 6.03 Å². The van der Waals surface area contributed by atoms with E-state index in [1.807, 2.05) is 64.1 Å². The third kappa shape index (κ3) is 10.3. The van der Waals surface area contributed by atoms with Gasteiger partial charge in [-0.25, -0.2) is 18.2 Å². The average molecular weight is 723 g/mol. The fraction of sp³-hybridized carbons (Fsp3) is 0.459. The molecule has 13 nitrogen and oxygen atoms in total. The predicted octanol–water partition coefficient (Wildman–Crippen LogP) is 3.99. The molecule has 0 unspecified atom stereocenters. The second-order valence-corrected chi connectivity index (χ2v) is 15.3. The summed E-state index contributed by atoms with van der Waals surface area (Å²) in [5.41, 5.74) is 2.20. The molecule has 1 aliphatic heterocycles. The molecule has 0 radical (unpaired) electrons. The first kappa shape index (κ1) is 39.3. The number of nitrogens with one attached hydrogen (secondary N) is 1. The van der Waals surface area contributed by atoms with Gasteiger partial charge in [0.2, 0.25) is 21.8 Å². The molecule has 1 aliphatic rings. The molecule has 14 heteroatoms. The summed E-state index contributed by atoms with van der Waals surface area (Å²) in [4.78, 5) is 35.5. The molecule has 4 atom stereocenters. The Bertz CT molecular complexity index is 1710. The smallest absolute Gasteiger partial charge is 0.321 e. The van der Waals surface area contributed by atoms with Crippen molar-refractivity contribution in [2.45, 2.75) is 70.2 Å². The molecule has 1 saturated heterocycles. The van der Waals surface area contributed by atoms with Crippen LogP contribution in [0.4, 0.5) is 4.79 Å². The molecule has 3 amide bonds. The number of carbonyl (C=O) groups excluding carboxylic acids is 2. The topological polar surface area (TPSA) is 165 Å². The van der Waals surface area contributed by atoms with Crippen LogP contribution in [0.15, 0.2) is 83.0 Å². The van der Waals surface area contributed by atoms with Crippen LogP contribution in [0.1, 0.15) is 50.8 Å². The molecule has 2 aromatic carbocycles. The van der Waals surface area contributed by atoms with E-state index in [4.69, 9.17) is 9.94 Å². The third-order valence-corrected chi connectivity index (χ3v) is 10.9. The highest BCUT2D eigenvalue weighted by atomic mass is 32.2. The van der Waals surface area contributed by atoms with E-state index in [2.05, 4.69) is 15.5 Å². The predicted molar refractivity (Wildman–Crippen MR) is 194 cm³/mol. The van der Waals surface area contributed by atoms with Crippen LogP contribution in [0.5, 0.6) is 5.88 Å². The number of aromatic nitrogens is 1. The standard InChI is InChI=1S/C37H50N6O7S/c1-6-27(4)35(43-19-18-41(37(43)46)24-30-14-17-34(50-5)38-21-30)36(45)40-32(20-28-10-8-7-9-11-28)33(44)25-42(23-26(2)3)51(48,49)31-15-12-29(13-16-31)22-39-47/h7-17,21-22,26-27,32-33,35,44,47H,6,18-20,23-25H2,1-5H3,(H,40,45)/t27-,32-,33-,35-/m0/s1. The third-order valence-electron chi connectivity index (χ3n) is 9.07. The maximum absolute atomic E-state index is 14.3. The van der Waals surface area contributed by atoms with E-state index in [0.717, 1.165) is 11.1 Å². The number of ether oxygens (including phenoxy) is 1. The zero-order valence-electron chi connectivity index (χ0n) is 29.9. The van der Waals surface area contributed by atoms with Gasteiger partial charge in [-0.1, -0.05) is 87.8 Å². The number of carbonyl (C=O) groups is 2. The first-order chi connectivity index (χ1) is 24.4. The molecule has 0 aliphatic carbocycles. The van der Waals surface area contributed by atoms with Gasteiger partial charge in [0, 0.05) is 45.0 Å². The molecule has 4 rings (SSSR count). The maximum atomic E-state index is 14.3. The molecule has 1 fully saturated rings. The quantitative estimate of drug-likeness (QED) is 0.101. The summed E-state index contributed by atoms with van der Waals surface area (Å²) in [5, 5.41) is 26.7. The number of amides is 3. The first-order valence-electron chi connectivity index (χ1n) is 17.2. The molecule has 276 valence electrons. The van der Waals surface area contributed by atoms with Gasteiger partial charge < -0.3 is 30.2 Å². The number of methoxy groups -OCH3 is 1. The Labute approximate surface area is 301 Å². The minimum atomic E-state index is -4.06. The molecule has 0 saturated carbocycles. The Hall–Kier alpha value is -4.53. The number of urea groups is 1. The Morgan fingerprint density at radius 3 is 2.33 bits per heavy atom. The summed E-state index contributed by atoms with van der Waals surface area (Å²) in [6.45, 7) is 8.60. The fourth-order valence-corrected chi connectivity index (χ4v) is 7.78. The van der Waals surface area contributed by atoms with Crippen LogP contribution in [-0.2, 0) is 27.8 Å². The van der Waals surface area contributed by atoms with Crippen molar-refractivity contribution in [2.24, 2.45) is 17.0 Å². The van der Waals surface area contributed by atoms with Gasteiger partial charge in [0.05, 0.1) is 30.4 Å². The number of benzene rings is 2. The number of hydrogen-bond donors (Lipinski definition) is 3. The van der Waals surface area contributed by atoms with E-state index in [0.29, 0.717) is 37.5 Å². The second kappa shape index (κ2) is 18.1. The summed E-state index contributed by atoms with van der Waals surface area (Å²) in [6, 6.07) is 16.9. The Morgan fingerprint density at radius 2 is 1.75 bits per heavy atom. The Balaban J connectivity index is 1.58. The monoisotopic (exact) mass is 722 g/mol. The van der Waals surface area contributed by atoms with Gasteiger partial charge in [-0.2, -0.15) is 4.31 Å². The van der Waals surface area contributed by atoms with Crippen molar-refractivity contribution in [1.82, 2.24) is 24.4 Å². The number of aliphatic hydroxyl groups excluding tert-OH is 1.